The van der Waals surface area contributed by atoms with E-state index in [1.54, 1.807) is 35.2 Å². The molecule has 1 heterocycles. The van der Waals surface area contributed by atoms with Crippen molar-refractivity contribution in [3.05, 3.63) is 98.0 Å². The lowest BCUT2D eigenvalue weighted by Gasteiger charge is -2.16. The van der Waals surface area contributed by atoms with E-state index in [1.165, 1.54) is 31.0 Å². The summed E-state index contributed by atoms with van der Waals surface area (Å²) in [4.78, 5) is 42.7. The molecule has 0 radical (unpaired) electrons. The second-order valence-electron chi connectivity index (χ2n) is 7.79. The lowest BCUT2D eigenvalue weighted by molar-refractivity contribution is -0.142. The molecule has 0 saturated carbocycles. The van der Waals surface area contributed by atoms with E-state index < -0.39 is 11.9 Å². The molecule has 0 bridgehead atoms. The molecule has 188 valence electrons. The molecule has 1 aliphatic rings. The monoisotopic (exact) mass is 628 g/mol. The molecule has 0 atom stereocenters. The van der Waals surface area contributed by atoms with E-state index in [4.69, 9.17) is 9.84 Å². The van der Waals surface area contributed by atoms with E-state index in [2.05, 4.69) is 32.3 Å². The molecule has 4 rings (SSSR count). The zero-order valence-corrected chi connectivity index (χ0v) is 22.6. The highest BCUT2D eigenvalue weighted by Gasteiger charge is 2.33. The standard InChI is InChI=1S/C27H21IN2O6S/c1-35-24(31)16-36-22-12-9-18(13-21(22)28)14-23-25(32)30(15-17-7-10-19(11-8-17)26(33)34)27(37-23)29-20-5-3-2-4-6-20/h2-14H,15-16H2,1H3,(H,33,34)/b23-14-,29-27?. The molecule has 8 nitrogen and oxygen atoms in total. The van der Waals surface area contributed by atoms with Crippen molar-refractivity contribution in [2.45, 2.75) is 6.54 Å². The molecule has 0 spiro atoms. The fourth-order valence-corrected chi connectivity index (χ4v) is 5.04. The number of hydrogen-bond donors (Lipinski definition) is 1. The first-order valence-electron chi connectivity index (χ1n) is 11.0. The van der Waals surface area contributed by atoms with E-state index in [0.29, 0.717) is 21.5 Å². The first kappa shape index (κ1) is 26.4. The number of esters is 1. The van der Waals surface area contributed by atoms with Crippen LogP contribution < -0.4 is 4.74 Å². The van der Waals surface area contributed by atoms with E-state index in [-0.39, 0.29) is 24.6 Å². The predicted octanol–water partition coefficient (Wildman–Crippen LogP) is 5.35. The number of methoxy groups -OCH3 is 1. The van der Waals surface area contributed by atoms with Gasteiger partial charge in [-0.15, -0.1) is 0 Å². The molecule has 1 fully saturated rings. The minimum Gasteiger partial charge on any atom is -0.481 e. The number of nitrogens with zero attached hydrogens (tertiary/aromatic N) is 2. The smallest absolute Gasteiger partial charge is 0.343 e. The van der Waals surface area contributed by atoms with Gasteiger partial charge in [0, 0.05) is 0 Å². The summed E-state index contributed by atoms with van der Waals surface area (Å²) >= 11 is 3.38. The summed E-state index contributed by atoms with van der Waals surface area (Å²) in [6, 6.07) is 21.2. The largest absolute Gasteiger partial charge is 0.481 e. The van der Waals surface area contributed by atoms with Crippen molar-refractivity contribution in [1.29, 1.82) is 0 Å². The number of amides is 1. The van der Waals surface area contributed by atoms with Gasteiger partial charge >= 0.3 is 11.9 Å². The number of hydrogen-bond acceptors (Lipinski definition) is 7. The molecule has 0 aliphatic carbocycles. The third-order valence-corrected chi connectivity index (χ3v) is 7.09. The van der Waals surface area contributed by atoms with E-state index >= 15 is 0 Å². The van der Waals surface area contributed by atoms with Gasteiger partial charge in [-0.25, -0.2) is 14.6 Å². The van der Waals surface area contributed by atoms with E-state index in [1.807, 2.05) is 36.4 Å². The Morgan fingerprint density at radius 2 is 1.81 bits per heavy atom. The number of aromatic carboxylic acids is 1. The van der Waals surface area contributed by atoms with Crippen molar-refractivity contribution in [3.8, 4) is 5.75 Å². The summed E-state index contributed by atoms with van der Waals surface area (Å²) in [7, 11) is 1.30. The molecule has 1 amide bonds. The maximum absolute atomic E-state index is 13.4. The Labute approximate surface area is 231 Å². The highest BCUT2D eigenvalue weighted by Crippen LogP contribution is 2.36. The Kier molecular flexibility index (Phi) is 8.62. The molecule has 1 saturated heterocycles. The van der Waals surface area contributed by atoms with Gasteiger partial charge in [-0.3, -0.25) is 9.69 Å². The number of amidine groups is 1. The summed E-state index contributed by atoms with van der Waals surface area (Å²) in [5.74, 6) is -1.15. The first-order valence-corrected chi connectivity index (χ1v) is 12.9. The molecule has 0 unspecified atom stereocenters. The molecule has 3 aromatic rings. The first-order chi connectivity index (χ1) is 17.8. The fourth-order valence-electron chi connectivity index (χ4n) is 3.35. The van der Waals surface area contributed by atoms with Crippen molar-refractivity contribution >= 4 is 69.1 Å². The van der Waals surface area contributed by atoms with Crippen molar-refractivity contribution in [3.63, 3.8) is 0 Å². The molecular formula is C27H21IN2O6S. The number of ether oxygens (including phenoxy) is 2. The van der Waals surface area contributed by atoms with Gasteiger partial charge in [0.1, 0.15) is 5.75 Å². The molecular weight excluding hydrogens is 607 g/mol. The maximum atomic E-state index is 13.4. The van der Waals surface area contributed by atoms with Crippen LogP contribution in [0.1, 0.15) is 21.5 Å². The topological polar surface area (TPSA) is 106 Å². The van der Waals surface area contributed by atoms with Crippen LogP contribution in [0.15, 0.2) is 82.7 Å². The zero-order chi connectivity index (χ0) is 26.4. The Morgan fingerprint density at radius 3 is 2.46 bits per heavy atom. The second-order valence-corrected chi connectivity index (χ2v) is 9.96. The molecule has 3 aromatic carbocycles. The van der Waals surface area contributed by atoms with Crippen LogP contribution in [0.2, 0.25) is 0 Å². The average molecular weight is 628 g/mol. The average Bonchev–Trinajstić information content (AvgIpc) is 3.17. The van der Waals surface area contributed by atoms with Crippen LogP contribution in [0.3, 0.4) is 0 Å². The van der Waals surface area contributed by atoms with Crippen LogP contribution in [0, 0.1) is 3.57 Å². The maximum Gasteiger partial charge on any atom is 0.343 e. The van der Waals surface area contributed by atoms with Gasteiger partial charge in [-0.2, -0.15) is 0 Å². The van der Waals surface area contributed by atoms with Crippen molar-refractivity contribution in [2.24, 2.45) is 4.99 Å². The van der Waals surface area contributed by atoms with Crippen molar-refractivity contribution < 1.29 is 29.0 Å². The van der Waals surface area contributed by atoms with Gasteiger partial charge < -0.3 is 14.6 Å². The van der Waals surface area contributed by atoms with Crippen molar-refractivity contribution in [2.75, 3.05) is 13.7 Å². The summed E-state index contributed by atoms with van der Waals surface area (Å²) in [6.07, 6.45) is 1.79. The second kappa shape index (κ2) is 12.1. The third-order valence-electron chi connectivity index (χ3n) is 5.24. The van der Waals surface area contributed by atoms with Gasteiger partial charge in [0.25, 0.3) is 5.91 Å². The van der Waals surface area contributed by atoms with Crippen LogP contribution in [0.25, 0.3) is 6.08 Å². The number of carbonyl (C=O) groups is 3. The SMILES string of the molecule is COC(=O)COc1ccc(/C=C2\SC(=Nc3ccccc3)N(Cc3ccc(C(=O)O)cc3)C2=O)cc1I. The summed E-state index contributed by atoms with van der Waals surface area (Å²) < 4.78 is 10.9. The lowest BCUT2D eigenvalue weighted by Crippen LogP contribution is -2.28. The van der Waals surface area contributed by atoms with Crippen LogP contribution >= 0.6 is 34.4 Å². The highest BCUT2D eigenvalue weighted by atomic mass is 127. The number of benzene rings is 3. The number of carbonyl (C=O) groups excluding carboxylic acids is 2. The van der Waals surface area contributed by atoms with E-state index in [0.717, 1.165) is 14.7 Å². The van der Waals surface area contributed by atoms with Gasteiger partial charge in [-0.05, 0) is 88.0 Å². The van der Waals surface area contributed by atoms with Gasteiger partial charge in [0.15, 0.2) is 11.8 Å². The predicted molar refractivity (Wildman–Crippen MR) is 150 cm³/mol. The number of carboxylic acid groups (broad SMARTS) is 1. The van der Waals surface area contributed by atoms with Crippen LogP contribution in [0.5, 0.6) is 5.75 Å². The van der Waals surface area contributed by atoms with Gasteiger partial charge in [0.2, 0.25) is 0 Å². The number of rotatable bonds is 8. The number of para-hydroxylation sites is 1. The number of carboxylic acids is 1. The third kappa shape index (κ3) is 6.77. The molecule has 1 N–H and O–H groups in total. The number of halogens is 1. The highest BCUT2D eigenvalue weighted by molar-refractivity contribution is 14.1. The molecule has 10 heteroatoms. The van der Waals surface area contributed by atoms with Crippen LogP contribution in [0.4, 0.5) is 5.69 Å². The van der Waals surface area contributed by atoms with Crippen LogP contribution in [-0.2, 0) is 20.9 Å². The minimum absolute atomic E-state index is 0.179. The fraction of sp³-hybridized carbons (Fsp3) is 0.111. The molecule has 37 heavy (non-hydrogen) atoms. The normalized spacial score (nSPS) is 15.3. The summed E-state index contributed by atoms with van der Waals surface area (Å²) in [5, 5.41) is 9.69. The van der Waals surface area contributed by atoms with Crippen molar-refractivity contribution in [1.82, 2.24) is 4.90 Å². The summed E-state index contributed by atoms with van der Waals surface area (Å²) in [6.45, 7) is 0.0512. The Hall–Kier alpha value is -3.64. The number of thioether (sulfide) groups is 1. The molecule has 1 aliphatic heterocycles. The Bertz CT molecular complexity index is 1390. The minimum atomic E-state index is -1.01. The van der Waals surface area contributed by atoms with Gasteiger partial charge in [-0.1, -0.05) is 36.4 Å². The summed E-state index contributed by atoms with van der Waals surface area (Å²) in [5.41, 5.74) is 2.46. The zero-order valence-electron chi connectivity index (χ0n) is 19.6. The Morgan fingerprint density at radius 1 is 1.08 bits per heavy atom. The Balaban J connectivity index is 1.61. The quantitative estimate of drug-likeness (QED) is 0.204. The lowest BCUT2D eigenvalue weighted by atomic mass is 10.1. The van der Waals surface area contributed by atoms with E-state index in [9.17, 15) is 14.4 Å². The van der Waals surface area contributed by atoms with Crippen LogP contribution in [-0.4, -0.2) is 46.7 Å². The number of aliphatic imine (C=N–C) groups is 1. The van der Waals surface area contributed by atoms with Gasteiger partial charge in [0.05, 0.1) is 33.4 Å². The molecule has 0 aromatic heterocycles.